The molecule has 5 heteroatoms. The molecule has 0 saturated heterocycles. The average Bonchev–Trinajstić information content (AvgIpc) is 2.46. The predicted molar refractivity (Wildman–Crippen MR) is 80.9 cm³/mol. The lowest BCUT2D eigenvalue weighted by Crippen LogP contribution is -2.36. The third-order valence-electron chi connectivity index (χ3n) is 3.11. The molecule has 4 nitrogen and oxygen atoms in total. The van der Waals surface area contributed by atoms with Gasteiger partial charge in [-0.25, -0.2) is 0 Å². The highest BCUT2D eigenvalue weighted by atomic mass is 79.9. The number of rotatable bonds is 1. The third-order valence-corrected chi connectivity index (χ3v) is 3.61. The van der Waals surface area contributed by atoms with Crippen LogP contribution in [0, 0.1) is 11.3 Å². The van der Waals surface area contributed by atoms with Crippen LogP contribution < -0.4 is 10.2 Å². The first kappa shape index (κ1) is 12.7. The number of halogens is 1. The molecular weight excluding hydrogens is 318 g/mol. The number of hydrogen-bond acceptors (Lipinski definition) is 3. The molecule has 98 valence electrons. The van der Waals surface area contributed by atoms with Gasteiger partial charge in [0.15, 0.2) is 0 Å². The Balaban J connectivity index is 2.17. The highest BCUT2D eigenvalue weighted by molar-refractivity contribution is 9.10. The molecule has 0 fully saturated rings. The molecule has 2 aromatic rings. The summed E-state index contributed by atoms with van der Waals surface area (Å²) in [7, 11) is 0. The molecule has 0 saturated carbocycles. The first-order chi connectivity index (χ1) is 9.69. The Labute approximate surface area is 124 Å². The first-order valence-corrected chi connectivity index (χ1v) is 6.85. The largest absolute Gasteiger partial charge is 0.374 e. The summed E-state index contributed by atoms with van der Waals surface area (Å²) in [6.07, 6.45) is 0. The van der Waals surface area contributed by atoms with E-state index in [1.54, 1.807) is 17.0 Å². The van der Waals surface area contributed by atoms with Gasteiger partial charge in [-0.1, -0.05) is 22.0 Å². The smallest absolute Gasteiger partial charge is 0.250 e. The van der Waals surface area contributed by atoms with Gasteiger partial charge in [0.05, 0.1) is 35.2 Å². The maximum atomic E-state index is 12.2. The topological polar surface area (TPSA) is 56.1 Å². The minimum Gasteiger partial charge on any atom is -0.374 e. The Hall–Kier alpha value is -2.32. The fourth-order valence-electron chi connectivity index (χ4n) is 2.22. The molecule has 0 aromatic heterocycles. The minimum atomic E-state index is -0.0503. The Morgan fingerprint density at radius 3 is 2.85 bits per heavy atom. The summed E-state index contributed by atoms with van der Waals surface area (Å²) in [5, 5.41) is 12.1. The average molecular weight is 328 g/mol. The van der Waals surface area contributed by atoms with Crippen molar-refractivity contribution in [2.45, 2.75) is 0 Å². The van der Waals surface area contributed by atoms with Crippen LogP contribution in [0.25, 0.3) is 0 Å². The molecule has 0 bridgehead atoms. The first-order valence-electron chi connectivity index (χ1n) is 6.05. The monoisotopic (exact) mass is 327 g/mol. The molecule has 1 aliphatic heterocycles. The van der Waals surface area contributed by atoms with Crippen LogP contribution in [0.5, 0.6) is 0 Å². The molecule has 1 aliphatic rings. The second-order valence-electron chi connectivity index (χ2n) is 4.41. The SMILES string of the molecule is N#Cc1ccc2c(c1)N(c1cccc(Br)c1)C(=O)CN2. The van der Waals surface area contributed by atoms with Crippen LogP contribution in [0.1, 0.15) is 5.56 Å². The number of hydrogen-bond donors (Lipinski definition) is 1. The molecule has 1 amide bonds. The number of nitrogens with one attached hydrogen (secondary N) is 1. The van der Waals surface area contributed by atoms with E-state index < -0.39 is 0 Å². The van der Waals surface area contributed by atoms with Gasteiger partial charge < -0.3 is 5.32 Å². The molecule has 3 rings (SSSR count). The number of fused-ring (bicyclic) bond motifs is 1. The maximum Gasteiger partial charge on any atom is 0.250 e. The lowest BCUT2D eigenvalue weighted by atomic mass is 10.1. The minimum absolute atomic E-state index is 0.0503. The Morgan fingerprint density at radius 1 is 1.25 bits per heavy atom. The zero-order chi connectivity index (χ0) is 14.1. The summed E-state index contributed by atoms with van der Waals surface area (Å²) >= 11 is 3.41. The molecule has 0 aliphatic carbocycles. The van der Waals surface area contributed by atoms with Crippen molar-refractivity contribution >= 4 is 38.9 Å². The van der Waals surface area contributed by atoms with Gasteiger partial charge in [-0.05, 0) is 36.4 Å². The fourth-order valence-corrected chi connectivity index (χ4v) is 2.61. The summed E-state index contributed by atoms with van der Waals surface area (Å²) in [5.74, 6) is -0.0503. The summed E-state index contributed by atoms with van der Waals surface area (Å²) in [6.45, 7) is 0.241. The summed E-state index contributed by atoms with van der Waals surface area (Å²) in [6, 6.07) is 14.9. The molecule has 0 radical (unpaired) electrons. The van der Waals surface area contributed by atoms with Crippen LogP contribution in [-0.4, -0.2) is 12.5 Å². The number of benzene rings is 2. The van der Waals surface area contributed by atoms with Crippen molar-refractivity contribution < 1.29 is 4.79 Å². The second kappa shape index (κ2) is 4.99. The van der Waals surface area contributed by atoms with Crippen LogP contribution >= 0.6 is 15.9 Å². The quantitative estimate of drug-likeness (QED) is 0.873. The highest BCUT2D eigenvalue weighted by Gasteiger charge is 2.25. The van der Waals surface area contributed by atoms with E-state index >= 15 is 0 Å². The van der Waals surface area contributed by atoms with Gasteiger partial charge in [0, 0.05) is 4.47 Å². The van der Waals surface area contributed by atoms with Crippen molar-refractivity contribution in [3.63, 3.8) is 0 Å². The molecule has 1 heterocycles. The molecule has 1 N–H and O–H groups in total. The van der Waals surface area contributed by atoms with E-state index in [-0.39, 0.29) is 12.5 Å². The van der Waals surface area contributed by atoms with Crippen LogP contribution in [0.15, 0.2) is 46.9 Å². The van der Waals surface area contributed by atoms with Crippen molar-refractivity contribution in [1.82, 2.24) is 0 Å². The van der Waals surface area contributed by atoms with Crippen LogP contribution in [0.3, 0.4) is 0 Å². The van der Waals surface area contributed by atoms with Gasteiger partial charge in [0.2, 0.25) is 0 Å². The molecular formula is C15H10BrN3O. The zero-order valence-electron chi connectivity index (χ0n) is 10.4. The van der Waals surface area contributed by atoms with Gasteiger partial charge in [-0.3, -0.25) is 9.69 Å². The summed E-state index contributed by atoms with van der Waals surface area (Å²) in [5.41, 5.74) is 2.87. The molecule has 0 unspecified atom stereocenters. The van der Waals surface area contributed by atoms with E-state index in [0.717, 1.165) is 15.8 Å². The normalized spacial score (nSPS) is 13.4. The van der Waals surface area contributed by atoms with Gasteiger partial charge in [0.1, 0.15) is 0 Å². The fraction of sp³-hybridized carbons (Fsp3) is 0.0667. The molecule has 20 heavy (non-hydrogen) atoms. The van der Waals surface area contributed by atoms with Gasteiger partial charge >= 0.3 is 0 Å². The molecule has 2 aromatic carbocycles. The van der Waals surface area contributed by atoms with Crippen molar-refractivity contribution in [3.05, 3.63) is 52.5 Å². The van der Waals surface area contributed by atoms with Crippen molar-refractivity contribution in [2.24, 2.45) is 0 Å². The van der Waals surface area contributed by atoms with E-state index in [0.29, 0.717) is 11.3 Å². The number of amides is 1. The van der Waals surface area contributed by atoms with Crippen LogP contribution in [0.2, 0.25) is 0 Å². The number of carbonyl (C=O) groups excluding carboxylic acids is 1. The lowest BCUT2D eigenvalue weighted by molar-refractivity contribution is -0.116. The Morgan fingerprint density at radius 2 is 2.10 bits per heavy atom. The van der Waals surface area contributed by atoms with Gasteiger partial charge in [-0.2, -0.15) is 5.26 Å². The second-order valence-corrected chi connectivity index (χ2v) is 5.32. The number of anilines is 3. The van der Waals surface area contributed by atoms with Crippen molar-refractivity contribution in [2.75, 3.05) is 16.8 Å². The van der Waals surface area contributed by atoms with E-state index in [1.807, 2.05) is 30.3 Å². The summed E-state index contributed by atoms with van der Waals surface area (Å²) < 4.78 is 0.902. The maximum absolute atomic E-state index is 12.2. The summed E-state index contributed by atoms with van der Waals surface area (Å²) in [4.78, 5) is 13.9. The highest BCUT2D eigenvalue weighted by Crippen LogP contribution is 2.36. The van der Waals surface area contributed by atoms with E-state index in [2.05, 4.69) is 27.3 Å². The van der Waals surface area contributed by atoms with E-state index in [1.165, 1.54) is 0 Å². The van der Waals surface area contributed by atoms with E-state index in [4.69, 9.17) is 5.26 Å². The zero-order valence-corrected chi connectivity index (χ0v) is 12.0. The van der Waals surface area contributed by atoms with Gasteiger partial charge in [0.25, 0.3) is 5.91 Å². The van der Waals surface area contributed by atoms with Crippen LogP contribution in [0.4, 0.5) is 17.1 Å². The Bertz CT molecular complexity index is 736. The molecule has 0 atom stereocenters. The third kappa shape index (κ3) is 2.15. The number of nitriles is 1. The predicted octanol–water partition coefficient (Wildman–Crippen LogP) is 3.41. The number of nitrogens with zero attached hydrogens (tertiary/aromatic N) is 2. The van der Waals surface area contributed by atoms with Crippen molar-refractivity contribution in [3.8, 4) is 6.07 Å². The number of carbonyl (C=O) groups is 1. The van der Waals surface area contributed by atoms with Gasteiger partial charge in [-0.15, -0.1) is 0 Å². The Kier molecular flexibility index (Phi) is 3.17. The van der Waals surface area contributed by atoms with Crippen LogP contribution in [-0.2, 0) is 4.79 Å². The van der Waals surface area contributed by atoms with Crippen molar-refractivity contribution in [1.29, 1.82) is 5.26 Å². The molecule has 0 spiro atoms. The van der Waals surface area contributed by atoms with E-state index in [9.17, 15) is 4.79 Å². The lowest BCUT2D eigenvalue weighted by Gasteiger charge is -2.30. The standard InChI is InChI=1S/C15H10BrN3O/c16-11-2-1-3-12(7-11)19-14-6-10(8-17)4-5-13(14)18-9-15(19)20/h1-7,18H,9H2.